The van der Waals surface area contributed by atoms with Gasteiger partial charge in [0.05, 0.1) is 17.9 Å². The zero-order valence-corrected chi connectivity index (χ0v) is 16.8. The zero-order chi connectivity index (χ0) is 22.3. The van der Waals surface area contributed by atoms with E-state index in [1.165, 1.54) is 41.1 Å². The smallest absolute Gasteiger partial charge is 0.446 e. The van der Waals surface area contributed by atoms with Crippen LogP contribution in [0.4, 0.5) is 17.6 Å². The van der Waals surface area contributed by atoms with Crippen LogP contribution in [0.2, 0.25) is 0 Å². The van der Waals surface area contributed by atoms with E-state index in [-0.39, 0.29) is 46.0 Å². The van der Waals surface area contributed by atoms with E-state index in [9.17, 15) is 27.5 Å². The van der Waals surface area contributed by atoms with Gasteiger partial charge in [-0.2, -0.15) is 13.2 Å². The molecule has 0 saturated heterocycles. The molecular weight excluding hydrogens is 434 g/mol. The van der Waals surface area contributed by atoms with Crippen molar-refractivity contribution in [1.82, 2.24) is 14.1 Å². The highest BCUT2D eigenvalue weighted by Gasteiger charge is 2.29. The molecule has 0 aliphatic heterocycles. The first-order valence-electron chi connectivity index (χ1n) is 9.05. The third-order valence-electron chi connectivity index (χ3n) is 4.83. The maximum absolute atomic E-state index is 14.0. The Balaban J connectivity index is 1.74. The third-order valence-corrected chi connectivity index (χ3v) is 5.57. The van der Waals surface area contributed by atoms with E-state index >= 15 is 0 Å². The van der Waals surface area contributed by atoms with E-state index in [1.54, 1.807) is 25.1 Å². The Morgan fingerprint density at radius 3 is 2.48 bits per heavy atom. The minimum absolute atomic E-state index is 0.0368. The summed E-state index contributed by atoms with van der Waals surface area (Å²) in [5.41, 5.74) is -3.71. The van der Waals surface area contributed by atoms with Crippen molar-refractivity contribution in [2.75, 3.05) is 0 Å². The van der Waals surface area contributed by atoms with Crippen LogP contribution in [-0.4, -0.2) is 24.7 Å². The van der Waals surface area contributed by atoms with Crippen LogP contribution < -0.4 is 5.69 Å². The molecule has 0 aliphatic carbocycles. The summed E-state index contributed by atoms with van der Waals surface area (Å²) in [6.07, 6.45) is 1.44. The molecule has 0 bridgehead atoms. The van der Waals surface area contributed by atoms with Crippen LogP contribution in [0.25, 0.3) is 16.6 Å². The second-order valence-corrected chi connectivity index (χ2v) is 7.90. The molecule has 31 heavy (non-hydrogen) atoms. The third kappa shape index (κ3) is 4.02. The highest BCUT2D eigenvalue weighted by Crippen LogP contribution is 2.37. The molecule has 160 valence electrons. The fourth-order valence-corrected chi connectivity index (χ4v) is 3.90. The van der Waals surface area contributed by atoms with Crippen LogP contribution in [0.5, 0.6) is 5.88 Å². The van der Waals surface area contributed by atoms with Crippen LogP contribution >= 0.6 is 11.8 Å². The molecule has 0 saturated carbocycles. The highest BCUT2D eigenvalue weighted by atomic mass is 32.2. The number of aromatic hydroxyl groups is 1. The Bertz CT molecular complexity index is 1330. The number of alkyl halides is 3. The van der Waals surface area contributed by atoms with Crippen molar-refractivity contribution in [1.29, 1.82) is 0 Å². The summed E-state index contributed by atoms with van der Waals surface area (Å²) >= 11 is -0.266. The first kappa shape index (κ1) is 21.0. The molecule has 2 aromatic heterocycles. The van der Waals surface area contributed by atoms with Crippen LogP contribution in [0.15, 0.2) is 64.4 Å². The summed E-state index contributed by atoms with van der Waals surface area (Å²) in [6, 6.07) is 11.3. The molecule has 0 aliphatic rings. The second-order valence-electron chi connectivity index (χ2n) is 6.76. The van der Waals surface area contributed by atoms with Gasteiger partial charge in [0.15, 0.2) is 0 Å². The van der Waals surface area contributed by atoms with Gasteiger partial charge in [0.25, 0.3) is 0 Å². The highest BCUT2D eigenvalue weighted by molar-refractivity contribution is 8.00. The summed E-state index contributed by atoms with van der Waals surface area (Å²) in [7, 11) is 0. The number of aromatic nitrogens is 3. The van der Waals surface area contributed by atoms with Crippen LogP contribution in [-0.2, 0) is 6.54 Å². The molecule has 2 aromatic carbocycles. The summed E-state index contributed by atoms with van der Waals surface area (Å²) in [5.74, 6) is -0.814. The second kappa shape index (κ2) is 7.77. The van der Waals surface area contributed by atoms with Gasteiger partial charge in [-0.05, 0) is 60.6 Å². The molecule has 10 heteroatoms. The van der Waals surface area contributed by atoms with Crippen LogP contribution in [0.3, 0.4) is 0 Å². The number of rotatable bonds is 4. The standard InChI is InChI=1S/C21H15F4N3O2S/c1-12-19(29)28(14-5-7-15(8-6-14)31-21(23,24)25)20(30)27(12)11-13-9-10-26-18-16(13)3-2-4-17(18)22/h2-10,29H,11H2,1H3. The topological polar surface area (TPSA) is 60.1 Å². The largest absolute Gasteiger partial charge is 0.493 e. The lowest BCUT2D eigenvalue weighted by molar-refractivity contribution is -0.0328. The molecular formula is C21H15F4N3O2S. The summed E-state index contributed by atoms with van der Waals surface area (Å²) in [4.78, 5) is 17.0. The number of thioether (sulfide) groups is 1. The van der Waals surface area contributed by atoms with E-state index < -0.39 is 17.0 Å². The lowest BCUT2D eigenvalue weighted by Gasteiger charge is -2.08. The number of benzene rings is 2. The Kier molecular flexibility index (Phi) is 5.26. The van der Waals surface area contributed by atoms with Crippen molar-refractivity contribution in [3.05, 3.63) is 82.3 Å². The lowest BCUT2D eigenvalue weighted by atomic mass is 10.1. The SMILES string of the molecule is Cc1c(O)n(-c2ccc(SC(F)(F)F)cc2)c(=O)n1Cc1ccnc2c(F)cccc12. The van der Waals surface area contributed by atoms with Crippen LogP contribution in [0.1, 0.15) is 11.3 Å². The first-order valence-corrected chi connectivity index (χ1v) is 9.87. The Labute approximate surface area is 177 Å². The maximum Gasteiger partial charge on any atom is 0.446 e. The van der Waals surface area contributed by atoms with E-state index in [2.05, 4.69) is 4.98 Å². The average Bonchev–Trinajstić information content (AvgIpc) is 2.92. The molecule has 2 heterocycles. The number of fused-ring (bicyclic) bond motifs is 1. The lowest BCUT2D eigenvalue weighted by Crippen LogP contribution is -2.24. The fourth-order valence-electron chi connectivity index (χ4n) is 3.36. The molecule has 4 rings (SSSR count). The van der Waals surface area contributed by atoms with E-state index in [1.807, 2.05) is 0 Å². The molecule has 5 nitrogen and oxygen atoms in total. The minimum atomic E-state index is -4.42. The van der Waals surface area contributed by atoms with Gasteiger partial charge in [0, 0.05) is 16.5 Å². The molecule has 1 N–H and O–H groups in total. The van der Waals surface area contributed by atoms with E-state index in [4.69, 9.17) is 0 Å². The normalized spacial score (nSPS) is 11.9. The summed E-state index contributed by atoms with van der Waals surface area (Å²) in [6.45, 7) is 1.60. The van der Waals surface area contributed by atoms with Crippen LogP contribution in [0, 0.1) is 12.7 Å². The first-order chi connectivity index (χ1) is 14.7. The maximum atomic E-state index is 14.0. The number of para-hydroxylation sites is 1. The zero-order valence-electron chi connectivity index (χ0n) is 16.0. The molecule has 4 aromatic rings. The van der Waals surface area contributed by atoms with Crippen molar-refractivity contribution in [2.24, 2.45) is 0 Å². The van der Waals surface area contributed by atoms with Gasteiger partial charge in [-0.1, -0.05) is 12.1 Å². The molecule has 0 spiro atoms. The minimum Gasteiger partial charge on any atom is -0.493 e. The van der Waals surface area contributed by atoms with Gasteiger partial charge in [-0.15, -0.1) is 0 Å². The van der Waals surface area contributed by atoms with E-state index in [0.29, 0.717) is 10.9 Å². The fraction of sp³-hybridized carbons (Fsp3) is 0.143. The van der Waals surface area contributed by atoms with Gasteiger partial charge in [-0.3, -0.25) is 9.55 Å². The van der Waals surface area contributed by atoms with Gasteiger partial charge >= 0.3 is 11.2 Å². The molecule has 0 amide bonds. The number of hydrogen-bond donors (Lipinski definition) is 1. The van der Waals surface area contributed by atoms with Crippen molar-refractivity contribution in [3.63, 3.8) is 0 Å². The monoisotopic (exact) mass is 449 g/mol. The van der Waals surface area contributed by atoms with Gasteiger partial charge in [0.2, 0.25) is 5.88 Å². The molecule has 0 atom stereocenters. The average molecular weight is 449 g/mol. The number of pyridine rings is 1. The van der Waals surface area contributed by atoms with Gasteiger partial charge < -0.3 is 5.11 Å². The number of imidazole rings is 1. The van der Waals surface area contributed by atoms with Gasteiger partial charge in [-0.25, -0.2) is 13.8 Å². The summed E-state index contributed by atoms with van der Waals surface area (Å²) < 4.78 is 54.0. The van der Waals surface area contributed by atoms with E-state index in [0.717, 1.165) is 4.57 Å². The van der Waals surface area contributed by atoms with Crippen molar-refractivity contribution >= 4 is 22.7 Å². The quantitative estimate of drug-likeness (QED) is 0.352. The summed E-state index contributed by atoms with van der Waals surface area (Å²) in [5, 5.41) is 11.1. The predicted octanol–water partition coefficient (Wildman–Crippen LogP) is 5.00. The number of nitrogens with zero attached hydrogens (tertiary/aromatic N) is 3. The Morgan fingerprint density at radius 1 is 1.10 bits per heavy atom. The Hall–Kier alpha value is -3.27. The van der Waals surface area contributed by atoms with Gasteiger partial charge in [0.1, 0.15) is 11.3 Å². The van der Waals surface area contributed by atoms with Crippen molar-refractivity contribution in [2.45, 2.75) is 23.9 Å². The number of hydrogen-bond acceptors (Lipinski definition) is 4. The molecule has 0 radical (unpaired) electrons. The number of halogens is 4. The molecule has 0 fully saturated rings. The predicted molar refractivity (Wildman–Crippen MR) is 109 cm³/mol. The van der Waals surface area contributed by atoms with Crippen molar-refractivity contribution < 1.29 is 22.7 Å². The Morgan fingerprint density at radius 2 is 1.81 bits per heavy atom. The van der Waals surface area contributed by atoms with Crippen molar-refractivity contribution in [3.8, 4) is 11.6 Å². The molecule has 0 unspecified atom stereocenters.